The topological polar surface area (TPSA) is 80.2 Å². The molecule has 0 amide bonds. The van der Waals surface area contributed by atoms with Crippen LogP contribution in [-0.2, 0) is 4.79 Å². The normalized spacial score (nSPS) is 24.6. The highest BCUT2D eigenvalue weighted by Crippen LogP contribution is 2.49. The highest BCUT2D eigenvalue weighted by atomic mass is 16.1. The molecule has 5 heteroatoms. The molecule has 2 aliphatic heterocycles. The molecule has 0 radical (unpaired) electrons. The van der Waals surface area contributed by atoms with Gasteiger partial charge in [0.1, 0.15) is 17.9 Å². The standard InChI is InChI=1S/C16H14N4O/c1-2-14(21)13-7-16(9-17,10-18)20-15(13)12-6-4-3-5-11(12)8-19-20/h3-6,8,13,15H,2,7H2,1H3. The second-order valence-corrected chi connectivity index (χ2v) is 5.38. The first-order valence-corrected chi connectivity index (χ1v) is 6.94. The molecule has 0 spiro atoms. The Hall–Kier alpha value is -2.66. The number of hydrogen-bond donors (Lipinski definition) is 0. The van der Waals surface area contributed by atoms with Crippen LogP contribution in [-0.4, -0.2) is 22.5 Å². The van der Waals surface area contributed by atoms with Crippen LogP contribution in [0.2, 0.25) is 0 Å². The molecule has 1 aromatic carbocycles. The van der Waals surface area contributed by atoms with E-state index in [1.807, 2.05) is 31.2 Å². The van der Waals surface area contributed by atoms with Gasteiger partial charge in [-0.05, 0) is 11.1 Å². The Kier molecular flexibility index (Phi) is 2.99. The largest absolute Gasteiger partial charge is 0.299 e. The predicted octanol–water partition coefficient (Wildman–Crippen LogP) is 2.16. The third-order valence-electron chi connectivity index (χ3n) is 4.32. The summed E-state index contributed by atoms with van der Waals surface area (Å²) in [5.74, 6) is -0.294. The summed E-state index contributed by atoms with van der Waals surface area (Å²) in [6.07, 6.45) is 2.27. The molecule has 5 nitrogen and oxygen atoms in total. The van der Waals surface area contributed by atoms with Gasteiger partial charge in [0.05, 0.1) is 12.3 Å². The average Bonchev–Trinajstić information content (AvgIpc) is 2.89. The maximum Gasteiger partial charge on any atom is 0.230 e. The van der Waals surface area contributed by atoms with Crippen molar-refractivity contribution in [3.63, 3.8) is 0 Å². The van der Waals surface area contributed by atoms with Gasteiger partial charge in [-0.15, -0.1) is 0 Å². The molecule has 2 unspecified atom stereocenters. The van der Waals surface area contributed by atoms with E-state index in [0.717, 1.165) is 11.1 Å². The van der Waals surface area contributed by atoms with Crippen molar-refractivity contribution in [1.29, 1.82) is 10.5 Å². The molecule has 0 bridgehead atoms. The fourth-order valence-corrected chi connectivity index (χ4v) is 3.24. The Balaban J connectivity index is 2.17. The number of nitriles is 2. The summed E-state index contributed by atoms with van der Waals surface area (Å²) in [5.41, 5.74) is 0.551. The summed E-state index contributed by atoms with van der Waals surface area (Å²) in [6.45, 7) is 1.81. The third kappa shape index (κ3) is 1.75. The van der Waals surface area contributed by atoms with Crippen molar-refractivity contribution >= 4 is 12.0 Å². The number of hydrazone groups is 1. The highest BCUT2D eigenvalue weighted by Gasteiger charge is 2.56. The van der Waals surface area contributed by atoms with E-state index in [4.69, 9.17) is 0 Å². The molecule has 104 valence electrons. The molecule has 1 aromatic rings. The van der Waals surface area contributed by atoms with Crippen molar-refractivity contribution in [1.82, 2.24) is 5.01 Å². The van der Waals surface area contributed by atoms with Crippen LogP contribution in [0.4, 0.5) is 0 Å². The molecule has 0 aromatic heterocycles. The Labute approximate surface area is 123 Å². The number of fused-ring (bicyclic) bond motifs is 3. The van der Waals surface area contributed by atoms with Crippen molar-refractivity contribution in [2.75, 3.05) is 0 Å². The highest BCUT2D eigenvalue weighted by molar-refractivity contribution is 5.87. The summed E-state index contributed by atoms with van der Waals surface area (Å²) in [6, 6.07) is 11.5. The number of benzene rings is 1. The maximum absolute atomic E-state index is 12.3. The van der Waals surface area contributed by atoms with Gasteiger partial charge in [-0.3, -0.25) is 9.80 Å². The third-order valence-corrected chi connectivity index (χ3v) is 4.32. The van der Waals surface area contributed by atoms with Crippen molar-refractivity contribution in [3.8, 4) is 12.1 Å². The smallest absolute Gasteiger partial charge is 0.230 e. The van der Waals surface area contributed by atoms with Gasteiger partial charge in [0.15, 0.2) is 0 Å². The molecule has 1 saturated heterocycles. The minimum absolute atomic E-state index is 0.0734. The maximum atomic E-state index is 12.3. The molecule has 0 saturated carbocycles. The predicted molar refractivity (Wildman–Crippen MR) is 76.0 cm³/mol. The molecule has 1 fully saturated rings. The van der Waals surface area contributed by atoms with Gasteiger partial charge in [-0.2, -0.15) is 15.6 Å². The molecule has 2 heterocycles. The molecular weight excluding hydrogens is 264 g/mol. The summed E-state index contributed by atoms with van der Waals surface area (Å²) in [4.78, 5) is 12.3. The van der Waals surface area contributed by atoms with Crippen LogP contribution in [0.25, 0.3) is 0 Å². The monoisotopic (exact) mass is 278 g/mol. The zero-order valence-electron chi connectivity index (χ0n) is 11.7. The van der Waals surface area contributed by atoms with Crippen molar-refractivity contribution in [2.45, 2.75) is 31.3 Å². The van der Waals surface area contributed by atoms with Gasteiger partial charge in [0.25, 0.3) is 0 Å². The zero-order valence-corrected chi connectivity index (χ0v) is 11.7. The lowest BCUT2D eigenvalue weighted by molar-refractivity contribution is -0.123. The molecular formula is C16H14N4O. The minimum atomic E-state index is -1.36. The molecule has 21 heavy (non-hydrogen) atoms. The number of nitrogens with zero attached hydrogens (tertiary/aromatic N) is 4. The minimum Gasteiger partial charge on any atom is -0.299 e. The van der Waals surface area contributed by atoms with E-state index in [1.54, 1.807) is 6.21 Å². The molecule has 0 N–H and O–H groups in total. The van der Waals surface area contributed by atoms with Gasteiger partial charge in [-0.25, -0.2) is 0 Å². The number of carbonyl (C=O) groups is 1. The van der Waals surface area contributed by atoms with Crippen LogP contribution >= 0.6 is 0 Å². The number of rotatable bonds is 2. The van der Waals surface area contributed by atoms with E-state index in [0.29, 0.717) is 6.42 Å². The fraction of sp³-hybridized carbons (Fsp3) is 0.375. The van der Waals surface area contributed by atoms with Crippen molar-refractivity contribution in [3.05, 3.63) is 35.4 Å². The first kappa shape index (κ1) is 13.3. The van der Waals surface area contributed by atoms with Crippen LogP contribution in [0.1, 0.15) is 36.9 Å². The molecule has 0 aliphatic carbocycles. The van der Waals surface area contributed by atoms with E-state index in [9.17, 15) is 15.3 Å². The Morgan fingerprint density at radius 3 is 2.81 bits per heavy atom. The lowest BCUT2D eigenvalue weighted by Crippen LogP contribution is -2.40. The SMILES string of the molecule is CCC(=O)C1CC(C#N)(C#N)N2N=Cc3ccccc3C12. The first-order valence-electron chi connectivity index (χ1n) is 6.94. The van der Waals surface area contributed by atoms with Gasteiger partial charge < -0.3 is 0 Å². The average molecular weight is 278 g/mol. The molecule has 2 aliphatic rings. The van der Waals surface area contributed by atoms with E-state index in [2.05, 4.69) is 17.2 Å². The Bertz CT molecular complexity index is 696. The van der Waals surface area contributed by atoms with Gasteiger partial charge in [0, 0.05) is 18.8 Å². The van der Waals surface area contributed by atoms with Crippen LogP contribution in [0.5, 0.6) is 0 Å². The summed E-state index contributed by atoms with van der Waals surface area (Å²) >= 11 is 0. The fourth-order valence-electron chi connectivity index (χ4n) is 3.24. The van der Waals surface area contributed by atoms with E-state index < -0.39 is 5.54 Å². The zero-order chi connectivity index (χ0) is 15.0. The van der Waals surface area contributed by atoms with Gasteiger partial charge >= 0.3 is 0 Å². The Morgan fingerprint density at radius 1 is 1.43 bits per heavy atom. The lowest BCUT2D eigenvalue weighted by Gasteiger charge is -2.33. The van der Waals surface area contributed by atoms with Crippen LogP contribution in [0.15, 0.2) is 29.4 Å². The second-order valence-electron chi connectivity index (χ2n) is 5.38. The van der Waals surface area contributed by atoms with Crippen molar-refractivity contribution < 1.29 is 4.79 Å². The molecule has 3 rings (SSSR count). The summed E-state index contributed by atoms with van der Waals surface area (Å²) in [7, 11) is 0. The number of hydrogen-bond acceptors (Lipinski definition) is 5. The Morgan fingerprint density at radius 2 is 2.14 bits per heavy atom. The van der Waals surface area contributed by atoms with E-state index in [-0.39, 0.29) is 24.2 Å². The number of carbonyl (C=O) groups excluding carboxylic acids is 1. The summed E-state index contributed by atoms with van der Waals surface area (Å²) in [5, 5.41) is 24.8. The number of ketones is 1. The second kappa shape index (κ2) is 4.71. The first-order chi connectivity index (χ1) is 10.2. The van der Waals surface area contributed by atoms with Crippen LogP contribution in [0, 0.1) is 28.6 Å². The van der Waals surface area contributed by atoms with Gasteiger partial charge in [-0.1, -0.05) is 31.2 Å². The van der Waals surface area contributed by atoms with E-state index >= 15 is 0 Å². The van der Waals surface area contributed by atoms with E-state index in [1.165, 1.54) is 5.01 Å². The lowest BCUT2D eigenvalue weighted by atomic mass is 9.85. The van der Waals surface area contributed by atoms with Crippen LogP contribution < -0.4 is 0 Å². The van der Waals surface area contributed by atoms with Gasteiger partial charge in [0.2, 0.25) is 5.54 Å². The van der Waals surface area contributed by atoms with Crippen molar-refractivity contribution in [2.24, 2.45) is 11.0 Å². The number of Topliss-reactive ketones (excluding diaryl/α,β-unsaturated/α-hetero) is 1. The quantitative estimate of drug-likeness (QED) is 0.830. The summed E-state index contributed by atoms with van der Waals surface area (Å²) < 4.78 is 0. The molecule has 2 atom stereocenters. The van der Waals surface area contributed by atoms with Crippen LogP contribution in [0.3, 0.4) is 0 Å².